The highest BCUT2D eigenvalue weighted by atomic mass is 16.3. The fourth-order valence-corrected chi connectivity index (χ4v) is 2.18. The third kappa shape index (κ3) is 2.99. The van der Waals surface area contributed by atoms with Gasteiger partial charge in [0, 0.05) is 18.7 Å². The van der Waals surface area contributed by atoms with Gasteiger partial charge in [0.2, 0.25) is 0 Å². The molecule has 1 heterocycles. The molecule has 1 atom stereocenters. The fraction of sp³-hybridized carbons (Fsp3) is 0.500. The molecule has 2 aromatic rings. The number of aromatic nitrogens is 1. The zero-order valence-corrected chi connectivity index (χ0v) is 10.9. The molecule has 0 aliphatic heterocycles. The van der Waals surface area contributed by atoms with Gasteiger partial charge in [-0.15, -0.1) is 0 Å². The first-order valence-corrected chi connectivity index (χ1v) is 6.18. The molecular weight excluding hydrogens is 212 g/mol. The molecule has 0 aliphatic rings. The van der Waals surface area contributed by atoms with Crippen molar-refractivity contribution in [2.45, 2.75) is 40.2 Å². The maximum atomic E-state index is 5.45. The average molecular weight is 232 g/mol. The minimum atomic E-state index is 0.473. The molecule has 0 amide bonds. The van der Waals surface area contributed by atoms with Crippen LogP contribution in [-0.2, 0) is 0 Å². The van der Waals surface area contributed by atoms with E-state index in [0.29, 0.717) is 17.9 Å². The van der Waals surface area contributed by atoms with Crippen LogP contribution in [0.2, 0.25) is 0 Å². The lowest BCUT2D eigenvalue weighted by atomic mass is 10.1. The number of benzene rings is 1. The van der Waals surface area contributed by atoms with Crippen LogP contribution in [0.3, 0.4) is 0 Å². The predicted octanol–water partition coefficient (Wildman–Crippen LogP) is 3.98. The Bertz CT molecular complexity index is 502. The van der Waals surface area contributed by atoms with Crippen molar-refractivity contribution in [2.24, 2.45) is 5.92 Å². The number of fused-ring (bicyclic) bond motifs is 1. The van der Waals surface area contributed by atoms with Crippen molar-refractivity contribution >= 4 is 16.8 Å². The summed E-state index contributed by atoms with van der Waals surface area (Å²) in [7, 11) is 0. The molecule has 92 valence electrons. The minimum absolute atomic E-state index is 0.473. The van der Waals surface area contributed by atoms with E-state index in [2.05, 4.69) is 31.1 Å². The second-order valence-electron chi connectivity index (χ2n) is 5.09. The summed E-state index contributed by atoms with van der Waals surface area (Å²) in [6.45, 7) is 8.55. The number of nitrogens with one attached hydrogen (secondary N) is 1. The average Bonchev–Trinajstić information content (AvgIpc) is 2.55. The topological polar surface area (TPSA) is 38.1 Å². The molecule has 0 fully saturated rings. The highest BCUT2D eigenvalue weighted by molar-refractivity contribution is 5.77. The van der Waals surface area contributed by atoms with Gasteiger partial charge in [0.05, 0.1) is 0 Å². The van der Waals surface area contributed by atoms with E-state index in [1.807, 2.05) is 25.1 Å². The van der Waals surface area contributed by atoms with Gasteiger partial charge in [0.25, 0.3) is 0 Å². The van der Waals surface area contributed by atoms with Gasteiger partial charge < -0.3 is 9.73 Å². The Balaban J connectivity index is 2.13. The van der Waals surface area contributed by atoms with Crippen molar-refractivity contribution in [3.63, 3.8) is 0 Å². The first-order chi connectivity index (χ1) is 8.04. The van der Waals surface area contributed by atoms with Crippen LogP contribution in [0.25, 0.3) is 11.1 Å². The molecule has 0 bridgehead atoms. The van der Waals surface area contributed by atoms with Crippen molar-refractivity contribution in [2.75, 3.05) is 5.32 Å². The predicted molar refractivity (Wildman–Crippen MR) is 71.3 cm³/mol. The summed E-state index contributed by atoms with van der Waals surface area (Å²) in [6, 6.07) is 6.53. The highest BCUT2D eigenvalue weighted by Gasteiger charge is 2.07. The number of rotatable bonds is 4. The van der Waals surface area contributed by atoms with Crippen LogP contribution in [0.1, 0.15) is 33.1 Å². The lowest BCUT2D eigenvalue weighted by Crippen LogP contribution is -2.17. The molecule has 1 aromatic carbocycles. The van der Waals surface area contributed by atoms with Gasteiger partial charge in [-0.1, -0.05) is 13.8 Å². The Morgan fingerprint density at radius 2 is 2.06 bits per heavy atom. The number of hydrogen-bond donors (Lipinski definition) is 1. The van der Waals surface area contributed by atoms with Crippen LogP contribution in [0, 0.1) is 12.8 Å². The molecule has 17 heavy (non-hydrogen) atoms. The molecule has 2 rings (SSSR count). The SMILES string of the molecule is Cc1nc2cc(NC(C)CC(C)C)ccc2o1. The van der Waals surface area contributed by atoms with E-state index in [0.717, 1.165) is 23.2 Å². The van der Waals surface area contributed by atoms with Gasteiger partial charge >= 0.3 is 0 Å². The number of aryl methyl sites for hydroxylation is 1. The van der Waals surface area contributed by atoms with Gasteiger partial charge in [-0.2, -0.15) is 0 Å². The standard InChI is InChI=1S/C14H20N2O/c1-9(2)7-10(3)15-12-5-6-14-13(8-12)16-11(4)17-14/h5-6,8-10,15H,7H2,1-4H3. The molecule has 0 spiro atoms. The third-order valence-corrected chi connectivity index (χ3v) is 2.73. The number of anilines is 1. The van der Waals surface area contributed by atoms with Crippen LogP contribution in [-0.4, -0.2) is 11.0 Å². The van der Waals surface area contributed by atoms with Gasteiger partial charge in [-0.25, -0.2) is 4.98 Å². The Kier molecular flexibility index (Phi) is 3.36. The lowest BCUT2D eigenvalue weighted by Gasteiger charge is -2.16. The summed E-state index contributed by atoms with van der Waals surface area (Å²) in [4.78, 5) is 4.34. The van der Waals surface area contributed by atoms with E-state index in [1.54, 1.807) is 0 Å². The second-order valence-corrected chi connectivity index (χ2v) is 5.09. The summed E-state index contributed by atoms with van der Waals surface area (Å²) in [5.74, 6) is 1.42. The van der Waals surface area contributed by atoms with Crippen LogP contribution >= 0.6 is 0 Å². The summed E-state index contributed by atoms with van der Waals surface area (Å²) in [5.41, 5.74) is 2.88. The Hall–Kier alpha value is -1.51. The van der Waals surface area contributed by atoms with Crippen molar-refractivity contribution in [3.05, 3.63) is 24.1 Å². The summed E-state index contributed by atoms with van der Waals surface area (Å²) >= 11 is 0. The molecule has 1 unspecified atom stereocenters. The third-order valence-electron chi connectivity index (χ3n) is 2.73. The van der Waals surface area contributed by atoms with E-state index < -0.39 is 0 Å². The van der Waals surface area contributed by atoms with Gasteiger partial charge in [-0.3, -0.25) is 0 Å². The first kappa shape index (κ1) is 12.0. The van der Waals surface area contributed by atoms with Crippen molar-refractivity contribution in [1.29, 1.82) is 0 Å². The number of hydrogen-bond acceptors (Lipinski definition) is 3. The molecule has 1 aromatic heterocycles. The normalized spacial score (nSPS) is 13.2. The monoisotopic (exact) mass is 232 g/mol. The summed E-state index contributed by atoms with van der Waals surface area (Å²) < 4.78 is 5.45. The van der Waals surface area contributed by atoms with E-state index >= 15 is 0 Å². The molecule has 1 N–H and O–H groups in total. The zero-order valence-electron chi connectivity index (χ0n) is 10.9. The van der Waals surface area contributed by atoms with Gasteiger partial charge in [-0.05, 0) is 37.5 Å². The molecule has 3 nitrogen and oxygen atoms in total. The molecule has 0 radical (unpaired) electrons. The molecule has 0 aliphatic carbocycles. The largest absolute Gasteiger partial charge is 0.441 e. The highest BCUT2D eigenvalue weighted by Crippen LogP contribution is 2.21. The first-order valence-electron chi connectivity index (χ1n) is 6.18. The number of oxazole rings is 1. The Morgan fingerprint density at radius 1 is 1.29 bits per heavy atom. The second kappa shape index (κ2) is 4.78. The maximum absolute atomic E-state index is 5.45. The Morgan fingerprint density at radius 3 is 2.76 bits per heavy atom. The van der Waals surface area contributed by atoms with Crippen LogP contribution in [0.4, 0.5) is 5.69 Å². The van der Waals surface area contributed by atoms with Gasteiger partial charge in [0.1, 0.15) is 5.52 Å². The lowest BCUT2D eigenvalue weighted by molar-refractivity contribution is 0.540. The Labute approximate surface area is 102 Å². The van der Waals surface area contributed by atoms with E-state index in [-0.39, 0.29) is 0 Å². The van der Waals surface area contributed by atoms with Crippen molar-refractivity contribution in [1.82, 2.24) is 4.98 Å². The van der Waals surface area contributed by atoms with Crippen LogP contribution < -0.4 is 5.32 Å². The van der Waals surface area contributed by atoms with Crippen LogP contribution in [0.5, 0.6) is 0 Å². The molecule has 0 saturated heterocycles. The van der Waals surface area contributed by atoms with Crippen molar-refractivity contribution in [3.8, 4) is 0 Å². The maximum Gasteiger partial charge on any atom is 0.192 e. The van der Waals surface area contributed by atoms with E-state index in [9.17, 15) is 0 Å². The van der Waals surface area contributed by atoms with Crippen LogP contribution in [0.15, 0.2) is 22.6 Å². The van der Waals surface area contributed by atoms with E-state index in [4.69, 9.17) is 4.42 Å². The zero-order chi connectivity index (χ0) is 12.4. The fourth-order valence-electron chi connectivity index (χ4n) is 2.18. The van der Waals surface area contributed by atoms with E-state index in [1.165, 1.54) is 0 Å². The molecule has 0 saturated carbocycles. The minimum Gasteiger partial charge on any atom is -0.441 e. The van der Waals surface area contributed by atoms with Gasteiger partial charge in [0.15, 0.2) is 11.5 Å². The number of nitrogens with zero attached hydrogens (tertiary/aromatic N) is 1. The summed E-state index contributed by atoms with van der Waals surface area (Å²) in [6.07, 6.45) is 1.16. The summed E-state index contributed by atoms with van der Waals surface area (Å²) in [5, 5.41) is 3.49. The smallest absolute Gasteiger partial charge is 0.192 e. The molecular formula is C14H20N2O. The quantitative estimate of drug-likeness (QED) is 0.866. The van der Waals surface area contributed by atoms with Crippen molar-refractivity contribution < 1.29 is 4.42 Å². The molecule has 3 heteroatoms.